The highest BCUT2D eigenvalue weighted by Crippen LogP contribution is 2.27. The number of carbonyl (C=O) groups is 1. The fraction of sp³-hybridized carbons (Fsp3) is 0.300. The summed E-state index contributed by atoms with van der Waals surface area (Å²) in [6, 6.07) is 11.7. The normalized spacial score (nSPS) is 17.1. The number of rotatable bonds is 4. The molecule has 1 atom stereocenters. The molecule has 0 radical (unpaired) electrons. The Morgan fingerprint density at radius 3 is 3.00 bits per heavy atom. The minimum absolute atomic E-state index is 0.0151. The highest BCUT2D eigenvalue weighted by atomic mass is 19.1. The third-order valence-corrected chi connectivity index (χ3v) is 4.71. The molecular formula is C20H19FN4O2. The van der Waals surface area contributed by atoms with Crippen molar-refractivity contribution in [2.24, 2.45) is 0 Å². The van der Waals surface area contributed by atoms with E-state index in [1.165, 1.54) is 12.1 Å². The molecular weight excluding hydrogens is 347 g/mol. The van der Waals surface area contributed by atoms with E-state index in [0.29, 0.717) is 36.1 Å². The van der Waals surface area contributed by atoms with E-state index < -0.39 is 0 Å². The predicted octanol–water partition coefficient (Wildman–Crippen LogP) is 3.22. The minimum Gasteiger partial charge on any atom is -0.342 e. The van der Waals surface area contributed by atoms with Gasteiger partial charge in [-0.15, -0.1) is 0 Å². The maximum Gasteiger partial charge on any atom is 0.276 e. The number of likely N-dealkylation sites (tertiary alicyclic amines) is 1. The van der Waals surface area contributed by atoms with Gasteiger partial charge < -0.3 is 9.42 Å². The molecule has 1 aromatic carbocycles. The van der Waals surface area contributed by atoms with Gasteiger partial charge >= 0.3 is 0 Å². The van der Waals surface area contributed by atoms with Gasteiger partial charge in [-0.25, -0.2) is 4.39 Å². The van der Waals surface area contributed by atoms with Gasteiger partial charge in [0.1, 0.15) is 11.5 Å². The summed E-state index contributed by atoms with van der Waals surface area (Å²) in [6.45, 7) is 1.23. The summed E-state index contributed by atoms with van der Waals surface area (Å²) < 4.78 is 18.7. The molecule has 6 nitrogen and oxygen atoms in total. The fourth-order valence-corrected chi connectivity index (χ4v) is 3.34. The number of halogens is 1. The fourth-order valence-electron chi connectivity index (χ4n) is 3.34. The number of nitrogens with zero attached hydrogens (tertiary/aromatic N) is 4. The van der Waals surface area contributed by atoms with Gasteiger partial charge in [-0.2, -0.15) is 4.98 Å². The topological polar surface area (TPSA) is 72.1 Å². The van der Waals surface area contributed by atoms with Gasteiger partial charge in [-0.3, -0.25) is 9.78 Å². The molecule has 1 fully saturated rings. The molecule has 1 aliphatic heterocycles. The Bertz CT molecular complexity index is 928. The minimum atomic E-state index is -0.328. The Labute approximate surface area is 156 Å². The van der Waals surface area contributed by atoms with Crippen LogP contribution in [0.15, 0.2) is 53.2 Å². The molecule has 27 heavy (non-hydrogen) atoms. The molecule has 7 heteroatoms. The zero-order valence-electron chi connectivity index (χ0n) is 14.7. The average Bonchev–Trinajstić information content (AvgIpc) is 3.19. The van der Waals surface area contributed by atoms with Crippen molar-refractivity contribution in [3.8, 4) is 11.6 Å². The molecule has 0 saturated carbocycles. The molecule has 1 aliphatic rings. The van der Waals surface area contributed by atoms with Crippen LogP contribution in [-0.4, -0.2) is 39.0 Å². The van der Waals surface area contributed by atoms with Crippen LogP contribution in [-0.2, 0) is 11.2 Å². The molecule has 3 aromatic rings. The molecule has 4 rings (SSSR count). The van der Waals surface area contributed by atoms with Crippen molar-refractivity contribution in [3.63, 3.8) is 0 Å². The van der Waals surface area contributed by atoms with Crippen LogP contribution >= 0.6 is 0 Å². The number of benzene rings is 1. The van der Waals surface area contributed by atoms with Gasteiger partial charge in [0.05, 0.1) is 6.42 Å². The first-order valence-electron chi connectivity index (χ1n) is 8.96. The van der Waals surface area contributed by atoms with Gasteiger partial charge in [-0.05, 0) is 42.7 Å². The second-order valence-corrected chi connectivity index (χ2v) is 6.66. The SMILES string of the molecule is O=C(Cc1cccc(F)c1)N1CCC[C@@H](c2noc(-c3ccccn3)n2)C1. The van der Waals surface area contributed by atoms with Crippen LogP contribution in [0.2, 0.25) is 0 Å². The van der Waals surface area contributed by atoms with Gasteiger partial charge in [0, 0.05) is 25.2 Å². The zero-order chi connectivity index (χ0) is 18.6. The van der Waals surface area contributed by atoms with Gasteiger partial charge in [-0.1, -0.05) is 23.4 Å². The van der Waals surface area contributed by atoms with Crippen LogP contribution in [0.5, 0.6) is 0 Å². The highest BCUT2D eigenvalue weighted by molar-refractivity contribution is 5.79. The van der Waals surface area contributed by atoms with Crippen LogP contribution in [0.4, 0.5) is 4.39 Å². The monoisotopic (exact) mass is 366 g/mol. The lowest BCUT2D eigenvalue weighted by atomic mass is 9.96. The van der Waals surface area contributed by atoms with Crippen molar-refractivity contribution in [1.29, 1.82) is 0 Å². The number of hydrogen-bond donors (Lipinski definition) is 0. The zero-order valence-corrected chi connectivity index (χ0v) is 14.7. The Balaban J connectivity index is 1.44. The van der Waals surface area contributed by atoms with Crippen molar-refractivity contribution < 1.29 is 13.7 Å². The molecule has 1 amide bonds. The molecule has 0 bridgehead atoms. The lowest BCUT2D eigenvalue weighted by Gasteiger charge is -2.31. The number of carbonyl (C=O) groups excluding carboxylic acids is 1. The summed E-state index contributed by atoms with van der Waals surface area (Å²) in [4.78, 5) is 23.1. The van der Waals surface area contributed by atoms with E-state index in [9.17, 15) is 9.18 Å². The smallest absolute Gasteiger partial charge is 0.276 e. The van der Waals surface area contributed by atoms with Gasteiger partial charge in [0.15, 0.2) is 5.82 Å². The van der Waals surface area contributed by atoms with Crippen molar-refractivity contribution >= 4 is 5.91 Å². The Morgan fingerprint density at radius 2 is 2.19 bits per heavy atom. The largest absolute Gasteiger partial charge is 0.342 e. The number of pyridine rings is 1. The second kappa shape index (κ2) is 7.65. The third kappa shape index (κ3) is 4.02. The number of piperidine rings is 1. The Hall–Kier alpha value is -3.09. The Morgan fingerprint density at radius 1 is 1.26 bits per heavy atom. The number of amides is 1. The maximum absolute atomic E-state index is 13.3. The van der Waals surface area contributed by atoms with Crippen molar-refractivity contribution in [2.75, 3.05) is 13.1 Å². The van der Waals surface area contributed by atoms with E-state index in [4.69, 9.17) is 4.52 Å². The quantitative estimate of drug-likeness (QED) is 0.709. The third-order valence-electron chi connectivity index (χ3n) is 4.71. The molecule has 0 aliphatic carbocycles. The average molecular weight is 366 g/mol. The van der Waals surface area contributed by atoms with Crippen molar-refractivity contribution in [2.45, 2.75) is 25.2 Å². The second-order valence-electron chi connectivity index (χ2n) is 6.66. The summed E-state index contributed by atoms with van der Waals surface area (Å²) in [7, 11) is 0. The predicted molar refractivity (Wildman–Crippen MR) is 96.2 cm³/mol. The lowest BCUT2D eigenvalue weighted by molar-refractivity contribution is -0.131. The molecule has 0 unspecified atom stereocenters. The number of aromatic nitrogens is 3. The lowest BCUT2D eigenvalue weighted by Crippen LogP contribution is -2.40. The standard InChI is InChI=1S/C20H19FN4O2/c21-16-7-3-5-14(11-16)12-18(26)25-10-4-6-15(13-25)19-23-20(27-24-19)17-8-1-2-9-22-17/h1-3,5,7-9,11,15H,4,6,10,12-13H2/t15-/m1/s1. The van der Waals surface area contributed by atoms with Gasteiger partial charge in [0.25, 0.3) is 5.89 Å². The summed E-state index contributed by atoms with van der Waals surface area (Å²) in [6.07, 6.45) is 3.63. The van der Waals surface area contributed by atoms with Crippen LogP contribution < -0.4 is 0 Å². The molecule has 138 valence electrons. The highest BCUT2D eigenvalue weighted by Gasteiger charge is 2.28. The van der Waals surface area contributed by atoms with E-state index in [-0.39, 0.29) is 24.1 Å². The van der Waals surface area contributed by atoms with Crippen LogP contribution in [0.25, 0.3) is 11.6 Å². The van der Waals surface area contributed by atoms with E-state index in [0.717, 1.165) is 12.8 Å². The van der Waals surface area contributed by atoms with Crippen molar-refractivity contribution in [1.82, 2.24) is 20.0 Å². The molecule has 0 N–H and O–H groups in total. The first-order valence-corrected chi connectivity index (χ1v) is 8.96. The molecule has 2 aromatic heterocycles. The molecule has 1 saturated heterocycles. The summed E-state index contributed by atoms with van der Waals surface area (Å²) >= 11 is 0. The first kappa shape index (κ1) is 17.3. The summed E-state index contributed by atoms with van der Waals surface area (Å²) in [5.41, 5.74) is 1.31. The van der Waals surface area contributed by atoms with E-state index in [1.807, 2.05) is 18.2 Å². The first-order chi connectivity index (χ1) is 13.2. The van der Waals surface area contributed by atoms with Crippen LogP contribution in [0.3, 0.4) is 0 Å². The van der Waals surface area contributed by atoms with E-state index >= 15 is 0 Å². The molecule has 3 heterocycles. The van der Waals surface area contributed by atoms with Crippen LogP contribution in [0, 0.1) is 5.82 Å². The summed E-state index contributed by atoms with van der Waals surface area (Å²) in [5.74, 6) is 0.661. The molecule has 0 spiro atoms. The summed E-state index contributed by atoms with van der Waals surface area (Å²) in [5, 5.41) is 4.09. The van der Waals surface area contributed by atoms with E-state index in [2.05, 4.69) is 15.1 Å². The van der Waals surface area contributed by atoms with Crippen molar-refractivity contribution in [3.05, 3.63) is 65.9 Å². The van der Waals surface area contributed by atoms with Crippen LogP contribution in [0.1, 0.15) is 30.1 Å². The van der Waals surface area contributed by atoms with Gasteiger partial charge in [0.2, 0.25) is 5.91 Å². The Kier molecular flexibility index (Phi) is 4.91. The van der Waals surface area contributed by atoms with E-state index in [1.54, 1.807) is 23.2 Å². The maximum atomic E-state index is 13.3. The number of hydrogen-bond acceptors (Lipinski definition) is 5.